The van der Waals surface area contributed by atoms with E-state index in [2.05, 4.69) is 16.8 Å². The topological polar surface area (TPSA) is 54.2 Å². The van der Waals surface area contributed by atoms with Crippen molar-refractivity contribution in [1.29, 1.82) is 10.8 Å². The number of piperazine rings is 1. The maximum atomic E-state index is 7.87. The first-order valence-corrected chi connectivity index (χ1v) is 5.81. The fourth-order valence-corrected chi connectivity index (χ4v) is 3.09. The number of nitrogens with zero attached hydrogens (tertiary/aromatic N) is 2. The van der Waals surface area contributed by atoms with E-state index in [1.807, 2.05) is 0 Å². The highest BCUT2D eigenvalue weighted by Crippen LogP contribution is 2.31. The van der Waals surface area contributed by atoms with Gasteiger partial charge in [0, 0.05) is 25.2 Å². The molecule has 2 atom stereocenters. The SMILES string of the molecule is CN1CC2CCC(C1)N2C(=N)SC=N. The summed E-state index contributed by atoms with van der Waals surface area (Å²) in [6, 6.07) is 1.03. The first-order chi connectivity index (χ1) is 6.72. The van der Waals surface area contributed by atoms with Gasteiger partial charge in [-0.1, -0.05) is 0 Å². The first-order valence-electron chi connectivity index (χ1n) is 4.93. The van der Waals surface area contributed by atoms with Gasteiger partial charge in [-0.25, -0.2) is 0 Å². The second-order valence-electron chi connectivity index (χ2n) is 4.05. The number of hydrogen-bond donors (Lipinski definition) is 2. The summed E-state index contributed by atoms with van der Waals surface area (Å²) >= 11 is 1.22. The van der Waals surface area contributed by atoms with E-state index in [1.165, 1.54) is 30.2 Å². The molecule has 78 valence electrons. The summed E-state index contributed by atoms with van der Waals surface area (Å²) in [5, 5.41) is 15.4. The van der Waals surface area contributed by atoms with Crippen molar-refractivity contribution in [3.05, 3.63) is 0 Å². The molecular formula is C9H16N4S. The number of likely N-dealkylation sites (N-methyl/N-ethyl adjacent to an activating group) is 1. The smallest absolute Gasteiger partial charge is 0.162 e. The monoisotopic (exact) mass is 212 g/mol. The van der Waals surface area contributed by atoms with E-state index in [4.69, 9.17) is 10.8 Å². The summed E-state index contributed by atoms with van der Waals surface area (Å²) in [5.74, 6) is 0. The third kappa shape index (κ3) is 1.66. The number of likely N-dealkylation sites (tertiary alicyclic amines) is 1. The Morgan fingerprint density at radius 2 is 1.93 bits per heavy atom. The van der Waals surface area contributed by atoms with Gasteiger partial charge in [0.25, 0.3) is 0 Å². The van der Waals surface area contributed by atoms with Gasteiger partial charge in [-0.05, 0) is 31.7 Å². The number of nitrogens with one attached hydrogen (secondary N) is 2. The summed E-state index contributed by atoms with van der Waals surface area (Å²) in [6.45, 7) is 2.13. The lowest BCUT2D eigenvalue weighted by Crippen LogP contribution is -2.53. The van der Waals surface area contributed by atoms with Crippen LogP contribution >= 0.6 is 11.8 Å². The minimum absolute atomic E-state index is 0.513. The number of rotatable bonds is 1. The Bertz CT molecular complexity index is 241. The molecular weight excluding hydrogens is 196 g/mol. The Morgan fingerprint density at radius 3 is 2.43 bits per heavy atom. The van der Waals surface area contributed by atoms with Gasteiger partial charge in [0.05, 0.1) is 5.55 Å². The second kappa shape index (κ2) is 3.90. The van der Waals surface area contributed by atoms with Gasteiger partial charge in [0.2, 0.25) is 0 Å². The molecule has 0 saturated carbocycles. The maximum Gasteiger partial charge on any atom is 0.162 e. The van der Waals surface area contributed by atoms with E-state index in [-0.39, 0.29) is 0 Å². The Balaban J connectivity index is 2.07. The molecule has 2 aliphatic rings. The summed E-state index contributed by atoms with van der Waals surface area (Å²) < 4.78 is 0. The molecule has 2 rings (SSSR count). The van der Waals surface area contributed by atoms with Crippen LogP contribution in [0.3, 0.4) is 0 Å². The summed E-state index contributed by atoms with van der Waals surface area (Å²) in [7, 11) is 2.15. The van der Waals surface area contributed by atoms with Crippen LogP contribution in [0.4, 0.5) is 0 Å². The number of hydrogen-bond acceptors (Lipinski definition) is 4. The molecule has 0 spiro atoms. The number of fused-ring (bicyclic) bond motifs is 2. The van der Waals surface area contributed by atoms with Gasteiger partial charge in [0.1, 0.15) is 0 Å². The minimum Gasteiger partial charge on any atom is -0.343 e. The van der Waals surface area contributed by atoms with Crippen molar-refractivity contribution >= 4 is 22.5 Å². The van der Waals surface area contributed by atoms with E-state index in [9.17, 15) is 0 Å². The van der Waals surface area contributed by atoms with Crippen molar-refractivity contribution in [2.24, 2.45) is 0 Å². The minimum atomic E-state index is 0.513. The van der Waals surface area contributed by atoms with Crippen LogP contribution in [0, 0.1) is 10.8 Å². The van der Waals surface area contributed by atoms with E-state index in [0.29, 0.717) is 17.3 Å². The molecule has 4 nitrogen and oxygen atoms in total. The van der Waals surface area contributed by atoms with Crippen molar-refractivity contribution in [1.82, 2.24) is 9.80 Å². The zero-order valence-electron chi connectivity index (χ0n) is 8.36. The molecule has 0 aromatic heterocycles. The van der Waals surface area contributed by atoms with E-state index < -0.39 is 0 Å². The average Bonchev–Trinajstić information content (AvgIpc) is 2.39. The van der Waals surface area contributed by atoms with Gasteiger partial charge in [-0.2, -0.15) is 0 Å². The molecule has 2 fully saturated rings. The highest BCUT2D eigenvalue weighted by Gasteiger charge is 2.39. The van der Waals surface area contributed by atoms with Crippen molar-refractivity contribution in [2.75, 3.05) is 20.1 Å². The molecule has 2 aliphatic heterocycles. The lowest BCUT2D eigenvalue weighted by Gasteiger charge is -2.40. The molecule has 0 radical (unpaired) electrons. The van der Waals surface area contributed by atoms with E-state index >= 15 is 0 Å². The largest absolute Gasteiger partial charge is 0.343 e. The highest BCUT2D eigenvalue weighted by molar-refractivity contribution is 8.24. The molecule has 2 N–H and O–H groups in total. The van der Waals surface area contributed by atoms with Crippen LogP contribution in [0.15, 0.2) is 0 Å². The molecule has 2 saturated heterocycles. The zero-order chi connectivity index (χ0) is 10.1. The quantitative estimate of drug-likeness (QED) is 0.504. The molecule has 2 unspecified atom stereocenters. The van der Waals surface area contributed by atoms with Gasteiger partial charge in [-0.3, -0.25) is 5.41 Å². The fourth-order valence-electron chi connectivity index (χ4n) is 2.56. The third-order valence-corrected chi connectivity index (χ3v) is 3.62. The average molecular weight is 212 g/mol. The summed E-state index contributed by atoms with van der Waals surface area (Å²) in [4.78, 5) is 4.55. The Hall–Kier alpha value is -0.550. The van der Waals surface area contributed by atoms with Gasteiger partial charge >= 0.3 is 0 Å². The third-order valence-electron chi connectivity index (χ3n) is 3.07. The molecule has 0 aromatic rings. The van der Waals surface area contributed by atoms with E-state index in [0.717, 1.165) is 13.1 Å². The highest BCUT2D eigenvalue weighted by atomic mass is 32.2. The molecule has 0 aliphatic carbocycles. The van der Waals surface area contributed by atoms with Gasteiger partial charge in [-0.15, -0.1) is 0 Å². The van der Waals surface area contributed by atoms with Crippen LogP contribution < -0.4 is 0 Å². The Kier molecular flexibility index (Phi) is 2.78. The first kappa shape index (κ1) is 9.98. The summed E-state index contributed by atoms with van der Waals surface area (Å²) in [5.41, 5.74) is 1.25. The van der Waals surface area contributed by atoms with Gasteiger partial charge in [0.15, 0.2) is 5.17 Å². The standard InChI is InChI=1S/C9H16N4S/c1-12-4-7-2-3-8(5-12)13(7)9(11)14-6-10/h6-8,10-11H,2-5H2,1H3. The van der Waals surface area contributed by atoms with Crippen LogP contribution in [0.5, 0.6) is 0 Å². The number of amidine groups is 1. The molecule has 0 amide bonds. The summed E-state index contributed by atoms with van der Waals surface area (Å²) in [6.07, 6.45) is 2.41. The zero-order valence-corrected chi connectivity index (χ0v) is 9.18. The molecule has 0 aromatic carbocycles. The Labute approximate surface area is 88.7 Å². The molecule has 2 heterocycles. The molecule has 14 heavy (non-hydrogen) atoms. The van der Waals surface area contributed by atoms with Gasteiger partial charge < -0.3 is 15.2 Å². The van der Waals surface area contributed by atoms with Crippen molar-refractivity contribution in [3.8, 4) is 0 Å². The lowest BCUT2D eigenvalue weighted by atomic mass is 10.2. The fraction of sp³-hybridized carbons (Fsp3) is 0.778. The van der Waals surface area contributed by atoms with Crippen molar-refractivity contribution in [2.45, 2.75) is 24.9 Å². The van der Waals surface area contributed by atoms with Crippen LogP contribution in [0.1, 0.15) is 12.8 Å². The molecule has 2 bridgehead atoms. The number of thioether (sulfide) groups is 1. The Morgan fingerprint density at radius 1 is 1.36 bits per heavy atom. The van der Waals surface area contributed by atoms with Crippen LogP contribution in [0.2, 0.25) is 0 Å². The van der Waals surface area contributed by atoms with Crippen LogP contribution in [-0.2, 0) is 0 Å². The lowest BCUT2D eigenvalue weighted by molar-refractivity contribution is 0.147. The van der Waals surface area contributed by atoms with Crippen LogP contribution in [-0.4, -0.2) is 52.7 Å². The van der Waals surface area contributed by atoms with E-state index in [1.54, 1.807) is 0 Å². The van der Waals surface area contributed by atoms with Crippen molar-refractivity contribution < 1.29 is 0 Å². The van der Waals surface area contributed by atoms with Crippen LogP contribution in [0.25, 0.3) is 0 Å². The second-order valence-corrected chi connectivity index (χ2v) is 4.91. The predicted molar refractivity (Wildman–Crippen MR) is 60.2 cm³/mol. The molecule has 5 heteroatoms. The normalized spacial score (nSPS) is 31.9. The van der Waals surface area contributed by atoms with Crippen molar-refractivity contribution in [3.63, 3.8) is 0 Å². The maximum absolute atomic E-state index is 7.87. The predicted octanol–water partition coefficient (Wildman–Crippen LogP) is 1.04.